The highest BCUT2D eigenvalue weighted by Crippen LogP contribution is 2.14. The molecule has 0 radical (unpaired) electrons. The van der Waals surface area contributed by atoms with Gasteiger partial charge in [-0.3, -0.25) is 4.79 Å². The summed E-state index contributed by atoms with van der Waals surface area (Å²) >= 11 is 0. The lowest BCUT2D eigenvalue weighted by molar-refractivity contribution is -0.119. The summed E-state index contributed by atoms with van der Waals surface area (Å²) in [6.07, 6.45) is 0.797. The Morgan fingerprint density at radius 2 is 1.90 bits per heavy atom. The number of hydrogen-bond donors (Lipinski definition) is 3. The number of guanidine groups is 1. The molecule has 0 saturated carbocycles. The van der Waals surface area contributed by atoms with Crippen molar-refractivity contribution < 1.29 is 14.3 Å². The van der Waals surface area contributed by atoms with Crippen LogP contribution in [0.2, 0.25) is 0 Å². The number of ether oxygens (including phenoxy) is 2. The third-order valence-electron chi connectivity index (χ3n) is 4.19. The van der Waals surface area contributed by atoms with Gasteiger partial charge in [-0.2, -0.15) is 0 Å². The van der Waals surface area contributed by atoms with Crippen LogP contribution in [0.1, 0.15) is 25.0 Å². The summed E-state index contributed by atoms with van der Waals surface area (Å²) in [6, 6.07) is 15.6. The van der Waals surface area contributed by atoms with E-state index < -0.39 is 5.91 Å². The molecule has 0 spiro atoms. The molecule has 2 aromatic rings. The van der Waals surface area contributed by atoms with E-state index >= 15 is 0 Å². The summed E-state index contributed by atoms with van der Waals surface area (Å²) in [6.45, 7) is 8.05. The van der Waals surface area contributed by atoms with Gasteiger partial charge in [0.15, 0.2) is 12.6 Å². The van der Waals surface area contributed by atoms with E-state index in [1.807, 2.05) is 69.3 Å². The summed E-state index contributed by atoms with van der Waals surface area (Å²) in [5.74, 6) is 1.76. The fourth-order valence-electron chi connectivity index (χ4n) is 2.75. The van der Waals surface area contributed by atoms with Crippen LogP contribution in [0.25, 0.3) is 0 Å². The van der Waals surface area contributed by atoms with Gasteiger partial charge in [-0.1, -0.05) is 24.3 Å². The van der Waals surface area contributed by atoms with Gasteiger partial charge in [0.25, 0.3) is 5.91 Å². The van der Waals surface area contributed by atoms with Crippen molar-refractivity contribution in [3.63, 3.8) is 0 Å². The van der Waals surface area contributed by atoms with Gasteiger partial charge >= 0.3 is 0 Å². The lowest BCUT2D eigenvalue weighted by Crippen LogP contribution is -2.39. The van der Waals surface area contributed by atoms with Crippen molar-refractivity contribution in [3.05, 3.63) is 59.7 Å². The molecule has 4 N–H and O–H groups in total. The van der Waals surface area contributed by atoms with Crippen LogP contribution in [0.15, 0.2) is 53.5 Å². The van der Waals surface area contributed by atoms with Gasteiger partial charge in [0.1, 0.15) is 17.6 Å². The Hall–Kier alpha value is -3.22. The second-order valence-corrected chi connectivity index (χ2v) is 7.04. The molecule has 2 rings (SSSR count). The maximum Gasteiger partial charge on any atom is 0.255 e. The molecule has 0 saturated heterocycles. The van der Waals surface area contributed by atoms with Gasteiger partial charge in [0.05, 0.1) is 6.54 Å². The minimum Gasteiger partial charge on any atom is -0.489 e. The molecule has 0 aliphatic heterocycles. The molecule has 7 heteroatoms. The molecule has 0 fully saturated rings. The van der Waals surface area contributed by atoms with Crippen LogP contribution in [-0.2, 0) is 11.2 Å². The van der Waals surface area contributed by atoms with E-state index in [1.165, 1.54) is 5.56 Å². The molecule has 1 amide bonds. The van der Waals surface area contributed by atoms with Crippen LogP contribution >= 0.6 is 0 Å². The number of benzene rings is 2. The average molecular weight is 413 g/mol. The molecule has 1 unspecified atom stereocenters. The Balaban J connectivity index is 1.79. The first kappa shape index (κ1) is 23.1. The Labute approximate surface area is 178 Å². The van der Waals surface area contributed by atoms with Crippen molar-refractivity contribution in [2.24, 2.45) is 10.7 Å². The molecular formula is C23H32N4O3. The molecule has 1 atom stereocenters. The molecule has 0 heterocycles. The third kappa shape index (κ3) is 8.86. The third-order valence-corrected chi connectivity index (χ3v) is 4.19. The number of primary amides is 1. The summed E-state index contributed by atoms with van der Waals surface area (Å²) in [5.41, 5.74) is 7.40. The van der Waals surface area contributed by atoms with Gasteiger partial charge in [-0.25, -0.2) is 4.99 Å². The van der Waals surface area contributed by atoms with Gasteiger partial charge in [-0.05, 0) is 62.6 Å². The van der Waals surface area contributed by atoms with Gasteiger partial charge in [0.2, 0.25) is 0 Å². The Kier molecular flexibility index (Phi) is 9.51. The van der Waals surface area contributed by atoms with Gasteiger partial charge < -0.3 is 25.8 Å². The summed E-state index contributed by atoms with van der Waals surface area (Å²) in [5, 5.41) is 6.60. The zero-order valence-electron chi connectivity index (χ0n) is 18.0. The Bertz CT molecular complexity index is 821. The normalized spacial score (nSPS) is 12.2. The summed E-state index contributed by atoms with van der Waals surface area (Å²) in [4.78, 5) is 15.4. The molecule has 30 heavy (non-hydrogen) atoms. The number of aliphatic imine (C=N–C) groups is 1. The zero-order valence-corrected chi connectivity index (χ0v) is 18.0. The number of nitrogens with one attached hydrogen (secondary N) is 2. The molecule has 162 valence electrons. The zero-order chi connectivity index (χ0) is 21.8. The fraction of sp³-hybridized carbons (Fsp3) is 0.391. The number of hydrogen-bond acceptors (Lipinski definition) is 4. The fourth-order valence-corrected chi connectivity index (χ4v) is 2.75. The predicted molar refractivity (Wildman–Crippen MR) is 120 cm³/mol. The number of amides is 1. The SMILES string of the molecule is CCNC(=NCC(C)Oc1cccc(C)c1)NCCc1ccc(OCC(N)=O)cc1. The largest absolute Gasteiger partial charge is 0.489 e. The van der Waals surface area contributed by atoms with Crippen molar-refractivity contribution in [1.82, 2.24) is 10.6 Å². The van der Waals surface area contributed by atoms with Crippen molar-refractivity contribution in [1.29, 1.82) is 0 Å². The van der Waals surface area contributed by atoms with E-state index in [2.05, 4.69) is 15.6 Å². The first-order chi connectivity index (χ1) is 14.5. The topological polar surface area (TPSA) is 98.0 Å². The van der Waals surface area contributed by atoms with Gasteiger partial charge in [-0.15, -0.1) is 0 Å². The van der Waals surface area contributed by atoms with E-state index in [4.69, 9.17) is 15.2 Å². The second kappa shape index (κ2) is 12.4. The minimum atomic E-state index is -0.489. The van der Waals surface area contributed by atoms with Crippen LogP contribution in [-0.4, -0.2) is 44.2 Å². The highest BCUT2D eigenvalue weighted by atomic mass is 16.5. The quantitative estimate of drug-likeness (QED) is 0.389. The summed E-state index contributed by atoms with van der Waals surface area (Å²) < 4.78 is 11.2. The van der Waals surface area contributed by atoms with Gasteiger partial charge in [0, 0.05) is 13.1 Å². The maximum atomic E-state index is 10.8. The van der Waals surface area contributed by atoms with Crippen LogP contribution in [0.3, 0.4) is 0 Å². The Morgan fingerprint density at radius 1 is 1.13 bits per heavy atom. The Morgan fingerprint density at radius 3 is 2.57 bits per heavy atom. The summed E-state index contributed by atoms with van der Waals surface area (Å²) in [7, 11) is 0. The average Bonchev–Trinajstić information content (AvgIpc) is 2.71. The number of carbonyl (C=O) groups is 1. The monoisotopic (exact) mass is 412 g/mol. The van der Waals surface area contributed by atoms with Crippen LogP contribution in [0.4, 0.5) is 0 Å². The van der Waals surface area contributed by atoms with E-state index in [9.17, 15) is 4.79 Å². The number of aryl methyl sites for hydroxylation is 1. The molecule has 2 aromatic carbocycles. The first-order valence-electron chi connectivity index (χ1n) is 10.2. The molecule has 0 aromatic heterocycles. The molecule has 0 aliphatic rings. The smallest absolute Gasteiger partial charge is 0.255 e. The van der Waals surface area contributed by atoms with Crippen molar-refractivity contribution in [3.8, 4) is 11.5 Å². The number of rotatable bonds is 11. The highest BCUT2D eigenvalue weighted by molar-refractivity contribution is 5.79. The predicted octanol–water partition coefficient (Wildman–Crippen LogP) is 2.42. The van der Waals surface area contributed by atoms with Crippen LogP contribution in [0, 0.1) is 6.92 Å². The molecule has 7 nitrogen and oxygen atoms in total. The molecule has 0 bridgehead atoms. The van der Waals surface area contributed by atoms with E-state index in [1.54, 1.807) is 0 Å². The second-order valence-electron chi connectivity index (χ2n) is 7.04. The number of nitrogens with two attached hydrogens (primary N) is 1. The standard InChI is InChI=1S/C23H32N4O3/c1-4-25-23(27-15-18(3)30-21-7-5-6-17(2)14-21)26-13-12-19-8-10-20(11-9-19)29-16-22(24)28/h5-11,14,18H,4,12-13,15-16H2,1-3H3,(H2,24,28)(H2,25,26,27). The van der Waals surface area contributed by atoms with Crippen LogP contribution in [0.5, 0.6) is 11.5 Å². The number of carbonyl (C=O) groups excluding carboxylic acids is 1. The van der Waals surface area contributed by atoms with E-state index in [0.717, 1.165) is 36.8 Å². The highest BCUT2D eigenvalue weighted by Gasteiger charge is 2.05. The number of nitrogens with zero attached hydrogens (tertiary/aromatic N) is 1. The molecule has 0 aliphatic carbocycles. The minimum absolute atomic E-state index is 0.0322. The van der Waals surface area contributed by atoms with Crippen molar-refractivity contribution >= 4 is 11.9 Å². The molecular weight excluding hydrogens is 380 g/mol. The van der Waals surface area contributed by atoms with Crippen molar-refractivity contribution in [2.45, 2.75) is 33.3 Å². The van der Waals surface area contributed by atoms with E-state index in [0.29, 0.717) is 12.3 Å². The lowest BCUT2D eigenvalue weighted by Gasteiger charge is -2.15. The van der Waals surface area contributed by atoms with Crippen LogP contribution < -0.4 is 25.8 Å². The lowest BCUT2D eigenvalue weighted by atomic mass is 10.1. The van der Waals surface area contributed by atoms with Crippen molar-refractivity contribution in [2.75, 3.05) is 26.2 Å². The van der Waals surface area contributed by atoms with E-state index in [-0.39, 0.29) is 12.7 Å². The first-order valence-corrected chi connectivity index (χ1v) is 10.2. The maximum absolute atomic E-state index is 10.8.